The molecule has 1 aliphatic rings. The van der Waals surface area contributed by atoms with Crippen LogP contribution in [0.25, 0.3) is 0 Å². The predicted octanol–water partition coefficient (Wildman–Crippen LogP) is 2.67. The number of anilines is 1. The van der Waals surface area contributed by atoms with Crippen molar-refractivity contribution in [3.8, 4) is 0 Å². The molecule has 4 nitrogen and oxygen atoms in total. The molecule has 0 saturated carbocycles. The number of aromatic nitrogens is 1. The van der Waals surface area contributed by atoms with Crippen LogP contribution in [0, 0.1) is 0 Å². The van der Waals surface area contributed by atoms with E-state index in [2.05, 4.69) is 10.3 Å². The maximum absolute atomic E-state index is 12.3. The molecule has 0 amide bonds. The number of rotatable bonds is 4. The van der Waals surface area contributed by atoms with Crippen molar-refractivity contribution in [2.45, 2.75) is 25.3 Å². The van der Waals surface area contributed by atoms with Crippen molar-refractivity contribution in [2.75, 3.05) is 25.1 Å². The van der Waals surface area contributed by atoms with Crippen LogP contribution in [0.2, 0.25) is 0 Å². The molecule has 19 heavy (non-hydrogen) atoms. The maximum atomic E-state index is 12.3. The Morgan fingerprint density at radius 3 is 2.53 bits per heavy atom. The molecule has 1 saturated heterocycles. The van der Waals surface area contributed by atoms with Gasteiger partial charge in [0.25, 0.3) is 0 Å². The lowest BCUT2D eigenvalue weighted by Gasteiger charge is -2.22. The number of nitrogens with zero attached hydrogens (tertiary/aromatic N) is 1. The summed E-state index contributed by atoms with van der Waals surface area (Å²) >= 11 is 0. The first kappa shape index (κ1) is 14.1. The topological polar surface area (TPSA) is 43.4 Å². The third kappa shape index (κ3) is 3.81. The van der Waals surface area contributed by atoms with Gasteiger partial charge in [-0.05, 0) is 19.1 Å². The van der Waals surface area contributed by atoms with Crippen molar-refractivity contribution < 1.29 is 22.6 Å². The van der Waals surface area contributed by atoms with Gasteiger partial charge in [-0.2, -0.15) is 13.2 Å². The predicted molar refractivity (Wildman–Crippen MR) is 62.7 cm³/mol. The van der Waals surface area contributed by atoms with Crippen molar-refractivity contribution in [2.24, 2.45) is 0 Å². The lowest BCUT2D eigenvalue weighted by Crippen LogP contribution is -2.28. The van der Waals surface area contributed by atoms with E-state index in [0.29, 0.717) is 32.0 Å². The molecule has 7 heteroatoms. The zero-order valence-electron chi connectivity index (χ0n) is 10.5. The molecule has 0 unspecified atom stereocenters. The van der Waals surface area contributed by atoms with Crippen LogP contribution in [-0.4, -0.2) is 30.5 Å². The molecule has 2 rings (SSSR count). The molecule has 1 fully saturated rings. The summed E-state index contributed by atoms with van der Waals surface area (Å²) in [6, 6.07) is 2.31. The van der Waals surface area contributed by atoms with Gasteiger partial charge in [0.05, 0.1) is 18.8 Å². The number of nitrogens with one attached hydrogen (secondary N) is 1. The lowest BCUT2D eigenvalue weighted by atomic mass is 10.2. The summed E-state index contributed by atoms with van der Waals surface area (Å²) < 4.78 is 47.8. The second-order valence-corrected chi connectivity index (χ2v) is 4.44. The zero-order valence-corrected chi connectivity index (χ0v) is 10.5. The minimum absolute atomic E-state index is 0.398. The Morgan fingerprint density at radius 2 is 2.00 bits per heavy atom. The largest absolute Gasteiger partial charge is 0.417 e. The minimum Gasteiger partial charge on any atom is -0.370 e. The summed E-state index contributed by atoms with van der Waals surface area (Å²) in [5.41, 5.74) is -0.757. The van der Waals surface area contributed by atoms with Crippen LogP contribution in [0.3, 0.4) is 0 Å². The molecule has 106 valence electrons. The monoisotopic (exact) mass is 276 g/mol. The Morgan fingerprint density at radius 1 is 1.32 bits per heavy atom. The third-order valence-corrected chi connectivity index (χ3v) is 2.87. The molecule has 0 atom stereocenters. The van der Waals surface area contributed by atoms with Gasteiger partial charge in [-0.25, -0.2) is 4.98 Å². The SMILES string of the molecule is CC1(CCNc2ccc(C(F)(F)F)cn2)OCCO1. The van der Waals surface area contributed by atoms with Gasteiger partial charge in [-0.1, -0.05) is 0 Å². The molecule has 1 N–H and O–H groups in total. The molecule has 1 aromatic rings. The molecule has 0 radical (unpaired) electrons. The fraction of sp³-hybridized carbons (Fsp3) is 0.583. The number of halogens is 3. The van der Waals surface area contributed by atoms with Gasteiger partial charge in [-0.3, -0.25) is 0 Å². The van der Waals surface area contributed by atoms with Gasteiger partial charge >= 0.3 is 6.18 Å². The van der Waals surface area contributed by atoms with E-state index < -0.39 is 17.5 Å². The van der Waals surface area contributed by atoms with E-state index in [1.165, 1.54) is 6.07 Å². The highest BCUT2D eigenvalue weighted by Crippen LogP contribution is 2.29. The summed E-state index contributed by atoms with van der Waals surface area (Å²) in [5, 5.41) is 2.94. The summed E-state index contributed by atoms with van der Waals surface area (Å²) in [4.78, 5) is 3.72. The minimum atomic E-state index is -4.36. The second-order valence-electron chi connectivity index (χ2n) is 4.44. The fourth-order valence-electron chi connectivity index (χ4n) is 1.78. The molecule has 1 aromatic heterocycles. The molecular weight excluding hydrogens is 261 g/mol. The van der Waals surface area contributed by atoms with Gasteiger partial charge < -0.3 is 14.8 Å². The first-order chi connectivity index (χ1) is 8.89. The Kier molecular flexibility index (Phi) is 3.96. The average Bonchev–Trinajstić information content (AvgIpc) is 2.76. The van der Waals surface area contributed by atoms with Crippen molar-refractivity contribution in [3.63, 3.8) is 0 Å². The zero-order chi connectivity index (χ0) is 13.9. The van der Waals surface area contributed by atoms with Gasteiger partial charge in [-0.15, -0.1) is 0 Å². The van der Waals surface area contributed by atoms with Crippen LogP contribution >= 0.6 is 0 Å². The van der Waals surface area contributed by atoms with Crippen LogP contribution < -0.4 is 5.32 Å². The van der Waals surface area contributed by atoms with E-state index >= 15 is 0 Å². The van der Waals surface area contributed by atoms with Gasteiger partial charge in [0.2, 0.25) is 0 Å². The van der Waals surface area contributed by atoms with Crippen LogP contribution in [0.5, 0.6) is 0 Å². The molecule has 0 spiro atoms. The number of alkyl halides is 3. The van der Waals surface area contributed by atoms with Gasteiger partial charge in [0, 0.05) is 19.2 Å². The van der Waals surface area contributed by atoms with E-state index in [1.807, 2.05) is 6.92 Å². The van der Waals surface area contributed by atoms with Gasteiger partial charge in [0.15, 0.2) is 5.79 Å². The molecular formula is C12H15F3N2O2. The summed E-state index contributed by atoms with van der Waals surface area (Å²) in [5.74, 6) is -0.214. The molecule has 2 heterocycles. The smallest absolute Gasteiger partial charge is 0.370 e. The first-order valence-electron chi connectivity index (χ1n) is 5.94. The maximum Gasteiger partial charge on any atom is 0.417 e. The Balaban J connectivity index is 1.83. The fourth-order valence-corrected chi connectivity index (χ4v) is 1.78. The van der Waals surface area contributed by atoms with E-state index in [-0.39, 0.29) is 0 Å². The van der Waals surface area contributed by atoms with Crippen molar-refractivity contribution in [1.29, 1.82) is 0 Å². The number of hydrogen-bond acceptors (Lipinski definition) is 4. The molecule has 0 aliphatic carbocycles. The number of ether oxygens (including phenoxy) is 2. The Labute approximate surface area is 108 Å². The van der Waals surface area contributed by atoms with E-state index in [0.717, 1.165) is 12.3 Å². The van der Waals surface area contributed by atoms with Crippen LogP contribution in [0.4, 0.5) is 19.0 Å². The quantitative estimate of drug-likeness (QED) is 0.918. The molecule has 0 bridgehead atoms. The first-order valence-corrected chi connectivity index (χ1v) is 5.94. The lowest BCUT2D eigenvalue weighted by molar-refractivity contribution is -0.144. The van der Waals surface area contributed by atoms with Crippen LogP contribution in [0.15, 0.2) is 18.3 Å². The van der Waals surface area contributed by atoms with E-state index in [1.54, 1.807) is 0 Å². The highest BCUT2D eigenvalue weighted by atomic mass is 19.4. The standard InChI is InChI=1S/C12H15F3N2O2/c1-11(18-6-7-19-11)4-5-16-10-3-2-9(8-17-10)12(13,14)15/h2-3,8H,4-7H2,1H3,(H,16,17). The summed E-state index contributed by atoms with van der Waals surface area (Å²) in [6.45, 7) is 3.47. The van der Waals surface area contributed by atoms with Crippen molar-refractivity contribution in [1.82, 2.24) is 4.98 Å². The van der Waals surface area contributed by atoms with Crippen LogP contribution in [-0.2, 0) is 15.7 Å². The van der Waals surface area contributed by atoms with Crippen molar-refractivity contribution in [3.05, 3.63) is 23.9 Å². The molecule has 1 aliphatic heterocycles. The van der Waals surface area contributed by atoms with Crippen molar-refractivity contribution >= 4 is 5.82 Å². The summed E-state index contributed by atoms with van der Waals surface area (Å²) in [7, 11) is 0. The third-order valence-electron chi connectivity index (χ3n) is 2.87. The average molecular weight is 276 g/mol. The van der Waals surface area contributed by atoms with Gasteiger partial charge in [0.1, 0.15) is 5.82 Å². The Bertz CT molecular complexity index is 414. The Hall–Kier alpha value is -1.34. The van der Waals surface area contributed by atoms with E-state index in [9.17, 15) is 13.2 Å². The highest BCUT2D eigenvalue weighted by molar-refractivity contribution is 5.36. The summed E-state index contributed by atoms with van der Waals surface area (Å²) in [6.07, 6.45) is -2.95. The number of pyridine rings is 1. The highest BCUT2D eigenvalue weighted by Gasteiger charge is 2.31. The van der Waals surface area contributed by atoms with E-state index in [4.69, 9.17) is 9.47 Å². The second kappa shape index (κ2) is 5.34. The normalized spacial score (nSPS) is 18.5. The van der Waals surface area contributed by atoms with Crippen LogP contribution in [0.1, 0.15) is 18.9 Å². The molecule has 0 aromatic carbocycles. The number of hydrogen-bond donors (Lipinski definition) is 1.